The van der Waals surface area contributed by atoms with Crippen molar-refractivity contribution in [3.63, 3.8) is 0 Å². The van der Waals surface area contributed by atoms with Crippen LogP contribution in [0.1, 0.15) is 5.56 Å². The molecule has 0 spiro atoms. The highest BCUT2D eigenvalue weighted by molar-refractivity contribution is 5.89. The molecule has 2 aromatic rings. The summed E-state index contributed by atoms with van der Waals surface area (Å²) in [4.78, 5) is 25.5. The number of nitrogens with zero attached hydrogens (tertiary/aromatic N) is 1. The molecule has 3 amide bonds. The number of ether oxygens (including phenoxy) is 2. The average molecular weight is 369 g/mol. The van der Waals surface area contributed by atoms with Crippen LogP contribution in [0, 0.1) is 0 Å². The highest BCUT2D eigenvalue weighted by Crippen LogP contribution is 2.20. The number of amides is 3. The largest absolute Gasteiger partial charge is 0.496 e. The van der Waals surface area contributed by atoms with Crippen LogP contribution in [0.15, 0.2) is 54.6 Å². The van der Waals surface area contributed by atoms with Crippen molar-refractivity contribution in [1.29, 1.82) is 0 Å². The summed E-state index contributed by atoms with van der Waals surface area (Å²) in [6.07, 6.45) is -0.111. The second-order valence-corrected chi connectivity index (χ2v) is 6.15. The van der Waals surface area contributed by atoms with Gasteiger partial charge in [-0.2, -0.15) is 0 Å². The Morgan fingerprint density at radius 1 is 1.15 bits per heavy atom. The van der Waals surface area contributed by atoms with E-state index in [-0.39, 0.29) is 18.7 Å². The summed E-state index contributed by atoms with van der Waals surface area (Å²) in [5, 5.41) is 5.55. The summed E-state index contributed by atoms with van der Waals surface area (Å²) in [6, 6.07) is 16.7. The molecule has 1 aliphatic rings. The minimum atomic E-state index is -0.399. The van der Waals surface area contributed by atoms with Crippen molar-refractivity contribution in [3.8, 4) is 5.75 Å². The fourth-order valence-electron chi connectivity index (χ4n) is 2.94. The summed E-state index contributed by atoms with van der Waals surface area (Å²) in [5.74, 6) is 0.804. The number of methoxy groups -OCH3 is 1. The van der Waals surface area contributed by atoms with Gasteiger partial charge < -0.3 is 20.1 Å². The molecular formula is C20H23N3O4. The topological polar surface area (TPSA) is 79.9 Å². The van der Waals surface area contributed by atoms with Crippen molar-refractivity contribution in [1.82, 2.24) is 10.6 Å². The lowest BCUT2D eigenvalue weighted by atomic mass is 10.1. The number of benzene rings is 2. The minimum absolute atomic E-state index is 0.259. The van der Waals surface area contributed by atoms with Gasteiger partial charge in [0.15, 0.2) is 0 Å². The number of rotatable bonds is 7. The van der Waals surface area contributed by atoms with Crippen molar-refractivity contribution in [3.05, 3.63) is 60.2 Å². The molecule has 0 bridgehead atoms. The Balaban J connectivity index is 1.40. The smallest absolute Gasteiger partial charge is 0.414 e. The van der Waals surface area contributed by atoms with Crippen LogP contribution in [0.5, 0.6) is 5.75 Å². The fourth-order valence-corrected chi connectivity index (χ4v) is 2.94. The molecule has 0 saturated carbocycles. The zero-order valence-electron chi connectivity index (χ0n) is 15.2. The Morgan fingerprint density at radius 3 is 2.67 bits per heavy atom. The normalized spacial score (nSPS) is 16.0. The molecule has 1 fully saturated rings. The summed E-state index contributed by atoms with van der Waals surface area (Å²) in [5.41, 5.74) is 1.81. The van der Waals surface area contributed by atoms with Gasteiger partial charge in [-0.05, 0) is 30.2 Å². The van der Waals surface area contributed by atoms with E-state index in [9.17, 15) is 9.59 Å². The molecule has 1 unspecified atom stereocenters. The first-order chi connectivity index (χ1) is 13.2. The van der Waals surface area contributed by atoms with Gasteiger partial charge in [-0.1, -0.05) is 36.4 Å². The second kappa shape index (κ2) is 8.93. The molecule has 1 heterocycles. The van der Waals surface area contributed by atoms with Crippen LogP contribution >= 0.6 is 0 Å². The number of anilines is 1. The van der Waals surface area contributed by atoms with Crippen LogP contribution in [-0.2, 0) is 11.2 Å². The SMILES string of the molecule is COc1ccccc1CCNC(=O)NCC1CN(c2ccccc2)C(=O)O1. The summed E-state index contributed by atoms with van der Waals surface area (Å²) in [6.45, 7) is 1.15. The lowest BCUT2D eigenvalue weighted by Gasteiger charge is -2.13. The van der Waals surface area contributed by atoms with Gasteiger partial charge in [0.1, 0.15) is 11.9 Å². The number of cyclic esters (lactones) is 1. The number of hydrogen-bond donors (Lipinski definition) is 2. The Kier molecular flexibility index (Phi) is 6.14. The number of para-hydroxylation sites is 2. The van der Waals surface area contributed by atoms with E-state index in [1.54, 1.807) is 12.0 Å². The van der Waals surface area contributed by atoms with Crippen molar-refractivity contribution >= 4 is 17.8 Å². The number of carbonyl (C=O) groups excluding carboxylic acids is 2. The van der Waals surface area contributed by atoms with Gasteiger partial charge >= 0.3 is 12.1 Å². The van der Waals surface area contributed by atoms with Gasteiger partial charge in [0.25, 0.3) is 0 Å². The Labute approximate surface area is 158 Å². The van der Waals surface area contributed by atoms with E-state index in [1.165, 1.54) is 0 Å². The molecule has 7 nitrogen and oxygen atoms in total. The van der Waals surface area contributed by atoms with Crippen LogP contribution < -0.4 is 20.3 Å². The number of carbonyl (C=O) groups is 2. The molecule has 1 atom stereocenters. The van der Waals surface area contributed by atoms with Gasteiger partial charge in [-0.3, -0.25) is 4.90 Å². The monoisotopic (exact) mass is 369 g/mol. The Bertz CT molecular complexity index is 782. The van der Waals surface area contributed by atoms with Crippen LogP contribution in [0.25, 0.3) is 0 Å². The molecular weight excluding hydrogens is 346 g/mol. The van der Waals surface area contributed by atoms with E-state index < -0.39 is 6.09 Å². The van der Waals surface area contributed by atoms with E-state index in [0.29, 0.717) is 19.5 Å². The van der Waals surface area contributed by atoms with Crippen molar-refractivity contribution in [2.24, 2.45) is 0 Å². The van der Waals surface area contributed by atoms with E-state index >= 15 is 0 Å². The lowest BCUT2D eigenvalue weighted by molar-refractivity contribution is 0.140. The first kappa shape index (κ1) is 18.6. The fraction of sp³-hybridized carbons (Fsp3) is 0.300. The number of urea groups is 1. The van der Waals surface area contributed by atoms with E-state index in [4.69, 9.17) is 9.47 Å². The first-order valence-electron chi connectivity index (χ1n) is 8.84. The quantitative estimate of drug-likeness (QED) is 0.786. The molecule has 7 heteroatoms. The van der Waals surface area contributed by atoms with Crippen LogP contribution in [0.3, 0.4) is 0 Å². The van der Waals surface area contributed by atoms with Gasteiger partial charge in [0.05, 0.1) is 20.2 Å². The van der Waals surface area contributed by atoms with Gasteiger partial charge in [-0.25, -0.2) is 9.59 Å². The molecule has 0 aromatic heterocycles. The Hall–Kier alpha value is -3.22. The molecule has 142 valence electrons. The van der Waals surface area contributed by atoms with Gasteiger partial charge in [-0.15, -0.1) is 0 Å². The van der Waals surface area contributed by atoms with Crippen molar-refractivity contribution < 1.29 is 19.1 Å². The lowest BCUT2D eigenvalue weighted by Crippen LogP contribution is -2.41. The zero-order valence-corrected chi connectivity index (χ0v) is 15.2. The summed E-state index contributed by atoms with van der Waals surface area (Å²) < 4.78 is 10.6. The highest BCUT2D eigenvalue weighted by atomic mass is 16.6. The zero-order chi connectivity index (χ0) is 19.1. The summed E-state index contributed by atoms with van der Waals surface area (Å²) >= 11 is 0. The molecule has 3 rings (SSSR count). The molecule has 0 radical (unpaired) electrons. The average Bonchev–Trinajstić information content (AvgIpc) is 3.08. The third kappa shape index (κ3) is 4.91. The maximum Gasteiger partial charge on any atom is 0.414 e. The van der Waals surface area contributed by atoms with Crippen LogP contribution in [0.2, 0.25) is 0 Å². The minimum Gasteiger partial charge on any atom is -0.496 e. The molecule has 2 N–H and O–H groups in total. The molecule has 2 aromatic carbocycles. The predicted molar refractivity (Wildman–Crippen MR) is 102 cm³/mol. The highest BCUT2D eigenvalue weighted by Gasteiger charge is 2.32. The third-order valence-electron chi connectivity index (χ3n) is 4.30. The predicted octanol–water partition coefficient (Wildman–Crippen LogP) is 2.56. The van der Waals surface area contributed by atoms with Crippen molar-refractivity contribution in [2.75, 3.05) is 31.6 Å². The van der Waals surface area contributed by atoms with Crippen LogP contribution in [0.4, 0.5) is 15.3 Å². The van der Waals surface area contributed by atoms with E-state index in [0.717, 1.165) is 17.0 Å². The maximum absolute atomic E-state index is 12.0. The number of hydrogen-bond acceptors (Lipinski definition) is 4. The molecule has 0 aliphatic carbocycles. The van der Waals surface area contributed by atoms with Gasteiger partial charge in [0.2, 0.25) is 0 Å². The Morgan fingerprint density at radius 2 is 1.89 bits per heavy atom. The van der Waals surface area contributed by atoms with Crippen LogP contribution in [-0.4, -0.2) is 45.0 Å². The van der Waals surface area contributed by atoms with Crippen molar-refractivity contribution in [2.45, 2.75) is 12.5 Å². The molecule has 1 saturated heterocycles. The van der Waals surface area contributed by atoms with E-state index in [2.05, 4.69) is 10.6 Å². The summed E-state index contributed by atoms with van der Waals surface area (Å²) in [7, 11) is 1.63. The van der Waals surface area contributed by atoms with E-state index in [1.807, 2.05) is 54.6 Å². The third-order valence-corrected chi connectivity index (χ3v) is 4.30. The molecule has 27 heavy (non-hydrogen) atoms. The molecule has 1 aliphatic heterocycles. The maximum atomic E-state index is 12.0. The second-order valence-electron chi connectivity index (χ2n) is 6.15. The number of nitrogens with one attached hydrogen (secondary N) is 2. The van der Waals surface area contributed by atoms with Gasteiger partial charge in [0, 0.05) is 12.2 Å². The first-order valence-corrected chi connectivity index (χ1v) is 8.84. The standard InChI is InChI=1S/C20H23N3O4/c1-26-18-10-6-5-7-15(18)11-12-21-19(24)22-13-17-14-23(20(25)27-17)16-8-3-2-4-9-16/h2-10,17H,11-14H2,1H3,(H2,21,22,24).